The summed E-state index contributed by atoms with van der Waals surface area (Å²) in [6, 6.07) is 14.1. The summed E-state index contributed by atoms with van der Waals surface area (Å²) in [4.78, 5) is 48.3. The Labute approximate surface area is 225 Å². The van der Waals surface area contributed by atoms with Gasteiger partial charge in [0.05, 0.1) is 17.8 Å². The molecule has 0 radical (unpaired) electrons. The summed E-state index contributed by atoms with van der Waals surface area (Å²) in [6.07, 6.45) is 1.91. The second-order valence-electron chi connectivity index (χ2n) is 9.72. The number of thiazole rings is 1. The van der Waals surface area contributed by atoms with Gasteiger partial charge in [-0.1, -0.05) is 29.8 Å². The van der Waals surface area contributed by atoms with Crippen LogP contribution in [0.4, 0.5) is 15.2 Å². The number of aryl methyl sites for hydroxylation is 1. The van der Waals surface area contributed by atoms with Gasteiger partial charge in [-0.05, 0) is 44.0 Å². The van der Waals surface area contributed by atoms with Gasteiger partial charge in [0.2, 0.25) is 11.8 Å². The van der Waals surface area contributed by atoms with E-state index in [0.717, 1.165) is 18.4 Å². The number of anilines is 2. The number of halogens is 1. The van der Waals surface area contributed by atoms with Gasteiger partial charge in [0.25, 0.3) is 5.91 Å². The Hall–Kier alpha value is -3.79. The number of para-hydroxylation sites is 1. The number of carbonyl (C=O) groups is 3. The summed E-state index contributed by atoms with van der Waals surface area (Å²) in [7, 11) is 0. The fourth-order valence-electron chi connectivity index (χ4n) is 4.55. The van der Waals surface area contributed by atoms with Crippen LogP contribution in [0.25, 0.3) is 0 Å². The average Bonchev–Trinajstić information content (AvgIpc) is 3.67. The Bertz CT molecular complexity index is 1320. The predicted octanol–water partition coefficient (Wildman–Crippen LogP) is 3.73. The molecule has 2 aliphatic rings. The number of aromatic nitrogens is 1. The predicted molar refractivity (Wildman–Crippen MR) is 145 cm³/mol. The van der Waals surface area contributed by atoms with Crippen LogP contribution in [0.1, 0.15) is 34.5 Å². The molecule has 38 heavy (non-hydrogen) atoms. The lowest BCUT2D eigenvalue weighted by atomic mass is 10.1. The van der Waals surface area contributed by atoms with E-state index in [1.54, 1.807) is 45.5 Å². The van der Waals surface area contributed by atoms with Crippen LogP contribution in [0, 0.1) is 12.7 Å². The molecule has 3 aromatic rings. The van der Waals surface area contributed by atoms with E-state index in [9.17, 15) is 18.8 Å². The monoisotopic (exact) mass is 535 g/mol. The van der Waals surface area contributed by atoms with E-state index in [2.05, 4.69) is 10.3 Å². The van der Waals surface area contributed by atoms with Crippen molar-refractivity contribution in [1.82, 2.24) is 14.8 Å². The number of benzene rings is 2. The van der Waals surface area contributed by atoms with Crippen LogP contribution in [0.3, 0.4) is 0 Å². The zero-order valence-electron chi connectivity index (χ0n) is 21.2. The molecule has 1 saturated heterocycles. The number of nitrogens with one attached hydrogen (secondary N) is 1. The second kappa shape index (κ2) is 11.3. The van der Waals surface area contributed by atoms with Gasteiger partial charge in [-0.15, -0.1) is 11.3 Å². The first-order valence-corrected chi connectivity index (χ1v) is 13.6. The molecule has 1 saturated carbocycles. The van der Waals surface area contributed by atoms with E-state index in [1.165, 1.54) is 17.4 Å². The van der Waals surface area contributed by atoms with E-state index in [-0.39, 0.29) is 42.5 Å². The number of hydrogen-bond donors (Lipinski definition) is 1. The Morgan fingerprint density at radius 3 is 2.45 bits per heavy atom. The van der Waals surface area contributed by atoms with Crippen molar-refractivity contribution < 1.29 is 18.8 Å². The molecule has 0 spiro atoms. The molecule has 8 nitrogen and oxygen atoms in total. The molecule has 10 heteroatoms. The molecular weight excluding hydrogens is 505 g/mol. The number of rotatable bonds is 8. The fourth-order valence-corrected chi connectivity index (χ4v) is 5.27. The van der Waals surface area contributed by atoms with Gasteiger partial charge in [-0.3, -0.25) is 14.4 Å². The average molecular weight is 536 g/mol. The first-order valence-electron chi connectivity index (χ1n) is 12.8. The molecule has 0 unspecified atom stereocenters. The van der Waals surface area contributed by atoms with Crippen molar-refractivity contribution in [2.75, 3.05) is 42.9 Å². The van der Waals surface area contributed by atoms with Gasteiger partial charge >= 0.3 is 0 Å². The molecule has 5 rings (SSSR count). The minimum atomic E-state index is -0.311. The summed E-state index contributed by atoms with van der Waals surface area (Å²) in [6.45, 7) is 4.05. The van der Waals surface area contributed by atoms with Crippen molar-refractivity contribution >= 4 is 39.9 Å². The molecule has 1 aliphatic carbocycles. The van der Waals surface area contributed by atoms with E-state index in [0.29, 0.717) is 48.3 Å². The van der Waals surface area contributed by atoms with Gasteiger partial charge in [0.15, 0.2) is 5.13 Å². The minimum Gasteiger partial charge on any atom is -0.366 e. The summed E-state index contributed by atoms with van der Waals surface area (Å²) in [5.41, 5.74) is 2.78. The van der Waals surface area contributed by atoms with Crippen LogP contribution in [0.15, 0.2) is 53.9 Å². The molecule has 0 bridgehead atoms. The van der Waals surface area contributed by atoms with Crippen LogP contribution >= 0.6 is 11.3 Å². The molecule has 1 aliphatic heterocycles. The van der Waals surface area contributed by atoms with Crippen molar-refractivity contribution in [3.8, 4) is 0 Å². The van der Waals surface area contributed by atoms with Gasteiger partial charge in [0, 0.05) is 43.2 Å². The summed E-state index contributed by atoms with van der Waals surface area (Å²) in [5, 5.41) is 4.95. The summed E-state index contributed by atoms with van der Waals surface area (Å²) >= 11 is 1.26. The maximum absolute atomic E-state index is 14.1. The van der Waals surface area contributed by atoms with Crippen LogP contribution in [0.2, 0.25) is 0 Å². The van der Waals surface area contributed by atoms with Crippen LogP contribution in [0.5, 0.6) is 0 Å². The fraction of sp³-hybridized carbons (Fsp3) is 0.357. The number of amides is 3. The molecule has 2 heterocycles. The van der Waals surface area contributed by atoms with Crippen molar-refractivity contribution in [1.29, 1.82) is 0 Å². The lowest BCUT2D eigenvalue weighted by Gasteiger charge is -2.36. The first-order chi connectivity index (χ1) is 18.4. The quantitative estimate of drug-likeness (QED) is 0.475. The van der Waals surface area contributed by atoms with E-state index >= 15 is 0 Å². The Kier molecular flexibility index (Phi) is 7.69. The van der Waals surface area contributed by atoms with E-state index in [4.69, 9.17) is 0 Å². The van der Waals surface area contributed by atoms with Gasteiger partial charge in [-0.2, -0.15) is 0 Å². The molecule has 1 N–H and O–H groups in total. The number of hydrogen-bond acceptors (Lipinski definition) is 6. The third kappa shape index (κ3) is 6.19. The summed E-state index contributed by atoms with van der Waals surface area (Å²) < 4.78 is 14.1. The maximum atomic E-state index is 14.1. The molecular formula is C28H30FN5O3S. The summed E-state index contributed by atoms with van der Waals surface area (Å²) in [5.74, 6) is -0.772. The SMILES string of the molecule is Cc1ccc(C(=O)N(CC(=O)Nc2nc(CC(=O)N3CCN(c4ccccc4F)CC3)cs2)C2CC2)cc1. The Morgan fingerprint density at radius 2 is 1.76 bits per heavy atom. The lowest BCUT2D eigenvalue weighted by molar-refractivity contribution is -0.130. The zero-order chi connectivity index (χ0) is 26.6. The van der Waals surface area contributed by atoms with Gasteiger partial charge in [0.1, 0.15) is 12.4 Å². The van der Waals surface area contributed by atoms with Crippen molar-refractivity contribution in [3.63, 3.8) is 0 Å². The van der Waals surface area contributed by atoms with E-state index < -0.39 is 0 Å². The highest BCUT2D eigenvalue weighted by Crippen LogP contribution is 2.28. The number of carbonyl (C=O) groups excluding carboxylic acids is 3. The number of piperazine rings is 1. The Morgan fingerprint density at radius 1 is 1.05 bits per heavy atom. The van der Waals surface area contributed by atoms with Crippen LogP contribution < -0.4 is 10.2 Å². The minimum absolute atomic E-state index is 0.0441. The molecule has 3 amide bonds. The maximum Gasteiger partial charge on any atom is 0.254 e. The third-order valence-corrected chi connectivity index (χ3v) is 7.62. The largest absolute Gasteiger partial charge is 0.366 e. The smallest absolute Gasteiger partial charge is 0.254 e. The van der Waals surface area contributed by atoms with Gasteiger partial charge in [-0.25, -0.2) is 9.37 Å². The van der Waals surface area contributed by atoms with Crippen molar-refractivity contribution in [3.05, 3.63) is 76.5 Å². The van der Waals surface area contributed by atoms with Gasteiger partial charge < -0.3 is 20.0 Å². The normalized spacial score (nSPS) is 15.3. The first kappa shape index (κ1) is 25.8. The molecule has 198 valence electrons. The highest BCUT2D eigenvalue weighted by atomic mass is 32.1. The van der Waals surface area contributed by atoms with Crippen molar-refractivity contribution in [2.24, 2.45) is 0 Å². The molecule has 2 fully saturated rings. The molecule has 2 aromatic carbocycles. The standard InChI is InChI=1S/C28H30FN5O3S/c1-19-6-8-20(9-7-19)27(37)34(22-10-11-22)17-25(35)31-28-30-21(18-38-28)16-26(36)33-14-12-32(13-15-33)24-5-3-2-4-23(24)29/h2-9,18,22H,10-17H2,1H3,(H,30,31,35). The number of nitrogens with zero attached hydrogens (tertiary/aromatic N) is 4. The topological polar surface area (TPSA) is 85.8 Å². The second-order valence-corrected chi connectivity index (χ2v) is 10.6. The molecule has 1 aromatic heterocycles. The van der Waals surface area contributed by atoms with E-state index in [1.807, 2.05) is 24.0 Å². The highest BCUT2D eigenvalue weighted by molar-refractivity contribution is 7.13. The van der Waals surface area contributed by atoms with Crippen LogP contribution in [-0.4, -0.2) is 71.3 Å². The van der Waals surface area contributed by atoms with Crippen molar-refractivity contribution in [2.45, 2.75) is 32.2 Å². The zero-order valence-corrected chi connectivity index (χ0v) is 22.0. The Balaban J connectivity index is 1.12. The highest BCUT2D eigenvalue weighted by Gasteiger charge is 2.34. The third-order valence-electron chi connectivity index (χ3n) is 6.82. The molecule has 0 atom stereocenters. The lowest BCUT2D eigenvalue weighted by Crippen LogP contribution is -2.49. The van der Waals surface area contributed by atoms with Crippen LogP contribution in [-0.2, 0) is 16.0 Å².